The maximum Gasteiger partial charge on any atom is 0.272 e. The second kappa shape index (κ2) is 6.63. The molecule has 0 saturated heterocycles. The number of aromatic nitrogens is 2. The molecule has 2 aromatic heterocycles. The number of aryl methyl sites for hydroxylation is 3. The SMILES string of the molecule is Cc1cc(C)cc(NC(=O)Cn2c(C)nc3c(sc4ccccc43)c2=O)c1. The Morgan fingerprint density at radius 1 is 1.11 bits per heavy atom. The summed E-state index contributed by atoms with van der Waals surface area (Å²) in [6, 6.07) is 13.7. The van der Waals surface area contributed by atoms with Gasteiger partial charge in [0.1, 0.15) is 17.1 Å². The topological polar surface area (TPSA) is 64.0 Å². The number of benzene rings is 2. The van der Waals surface area contributed by atoms with Crippen molar-refractivity contribution in [3.05, 3.63) is 69.8 Å². The van der Waals surface area contributed by atoms with Crippen LogP contribution in [-0.2, 0) is 11.3 Å². The molecule has 0 aliphatic carbocycles. The van der Waals surface area contributed by atoms with Gasteiger partial charge in [0.05, 0.1) is 5.52 Å². The maximum atomic E-state index is 13.0. The van der Waals surface area contributed by atoms with Crippen LogP contribution in [0, 0.1) is 20.8 Å². The van der Waals surface area contributed by atoms with Crippen LogP contribution in [-0.4, -0.2) is 15.5 Å². The lowest BCUT2D eigenvalue weighted by Crippen LogP contribution is -2.29. The van der Waals surface area contributed by atoms with Gasteiger partial charge in [-0.1, -0.05) is 24.3 Å². The van der Waals surface area contributed by atoms with E-state index in [9.17, 15) is 9.59 Å². The van der Waals surface area contributed by atoms with E-state index in [0.29, 0.717) is 16.0 Å². The number of hydrogen-bond donors (Lipinski definition) is 1. The van der Waals surface area contributed by atoms with E-state index in [-0.39, 0.29) is 18.0 Å². The first-order chi connectivity index (χ1) is 12.9. The Morgan fingerprint density at radius 2 is 1.81 bits per heavy atom. The molecule has 0 bridgehead atoms. The highest BCUT2D eigenvalue weighted by Gasteiger charge is 2.16. The quantitative estimate of drug-likeness (QED) is 0.583. The minimum Gasteiger partial charge on any atom is -0.325 e. The summed E-state index contributed by atoms with van der Waals surface area (Å²) in [4.78, 5) is 30.1. The third kappa shape index (κ3) is 3.24. The van der Waals surface area contributed by atoms with E-state index in [0.717, 1.165) is 26.9 Å². The molecule has 0 saturated carbocycles. The van der Waals surface area contributed by atoms with Crippen LogP contribution >= 0.6 is 11.3 Å². The van der Waals surface area contributed by atoms with Gasteiger partial charge in [-0.05, 0) is 50.1 Å². The van der Waals surface area contributed by atoms with Crippen molar-refractivity contribution in [1.82, 2.24) is 9.55 Å². The number of thiophene rings is 1. The van der Waals surface area contributed by atoms with Crippen LogP contribution < -0.4 is 10.9 Å². The van der Waals surface area contributed by atoms with Crippen LogP contribution in [0.1, 0.15) is 17.0 Å². The molecule has 0 fully saturated rings. The predicted molar refractivity (Wildman–Crippen MR) is 111 cm³/mol. The predicted octanol–water partition coefficient (Wildman–Crippen LogP) is 4.18. The van der Waals surface area contributed by atoms with Crippen LogP contribution in [0.5, 0.6) is 0 Å². The Kier molecular flexibility index (Phi) is 4.28. The summed E-state index contributed by atoms with van der Waals surface area (Å²) < 4.78 is 3.05. The summed E-state index contributed by atoms with van der Waals surface area (Å²) in [6.07, 6.45) is 0. The van der Waals surface area contributed by atoms with Gasteiger partial charge in [0, 0.05) is 15.8 Å². The molecule has 6 heteroatoms. The van der Waals surface area contributed by atoms with E-state index in [2.05, 4.69) is 10.3 Å². The second-order valence-corrected chi connectivity index (χ2v) is 7.80. The van der Waals surface area contributed by atoms with Crippen LogP contribution in [0.4, 0.5) is 5.69 Å². The van der Waals surface area contributed by atoms with Gasteiger partial charge in [-0.3, -0.25) is 14.2 Å². The average molecular weight is 377 g/mol. The summed E-state index contributed by atoms with van der Waals surface area (Å²) in [7, 11) is 0. The smallest absolute Gasteiger partial charge is 0.272 e. The number of rotatable bonds is 3. The van der Waals surface area contributed by atoms with E-state index in [1.807, 2.05) is 56.3 Å². The van der Waals surface area contributed by atoms with Crippen molar-refractivity contribution in [2.75, 3.05) is 5.32 Å². The van der Waals surface area contributed by atoms with Crippen molar-refractivity contribution in [2.45, 2.75) is 27.3 Å². The number of amides is 1. The van der Waals surface area contributed by atoms with Crippen molar-refractivity contribution in [1.29, 1.82) is 0 Å². The average Bonchev–Trinajstić information content (AvgIpc) is 2.96. The Hall–Kier alpha value is -2.99. The Labute approximate surface area is 160 Å². The number of carbonyl (C=O) groups excluding carboxylic acids is 1. The molecule has 0 aliphatic rings. The number of nitrogens with one attached hydrogen (secondary N) is 1. The van der Waals surface area contributed by atoms with E-state index in [4.69, 9.17) is 0 Å². The molecule has 0 aliphatic heterocycles. The monoisotopic (exact) mass is 377 g/mol. The second-order valence-electron chi connectivity index (χ2n) is 6.75. The molecule has 0 radical (unpaired) electrons. The minimum absolute atomic E-state index is 0.0607. The van der Waals surface area contributed by atoms with Crippen LogP contribution in [0.25, 0.3) is 20.3 Å². The number of hydrogen-bond acceptors (Lipinski definition) is 4. The van der Waals surface area contributed by atoms with E-state index < -0.39 is 0 Å². The van der Waals surface area contributed by atoms with Gasteiger partial charge in [0.2, 0.25) is 5.91 Å². The standard InChI is InChI=1S/C21H19N3O2S/c1-12-8-13(2)10-15(9-12)23-18(25)11-24-14(3)22-19-16-6-4-5-7-17(16)27-20(19)21(24)26/h4-10H,11H2,1-3H3,(H,23,25). The molecule has 1 N–H and O–H groups in total. The molecular formula is C21H19N3O2S. The third-order valence-electron chi connectivity index (χ3n) is 4.48. The molecule has 136 valence electrons. The molecule has 1 amide bonds. The largest absolute Gasteiger partial charge is 0.325 e. The molecule has 2 aromatic carbocycles. The van der Waals surface area contributed by atoms with E-state index in [1.54, 1.807) is 6.92 Å². The highest BCUT2D eigenvalue weighted by Crippen LogP contribution is 2.30. The first-order valence-corrected chi connectivity index (χ1v) is 9.51. The summed E-state index contributed by atoms with van der Waals surface area (Å²) in [5, 5.41) is 3.85. The zero-order valence-corrected chi connectivity index (χ0v) is 16.2. The summed E-state index contributed by atoms with van der Waals surface area (Å²) in [6.45, 7) is 5.67. The Balaban J connectivity index is 1.70. The van der Waals surface area contributed by atoms with Gasteiger partial charge in [0.15, 0.2) is 0 Å². The summed E-state index contributed by atoms with van der Waals surface area (Å²) in [5.74, 6) is 0.291. The number of nitrogens with zero attached hydrogens (tertiary/aromatic N) is 2. The molecular weight excluding hydrogens is 358 g/mol. The van der Waals surface area contributed by atoms with E-state index in [1.165, 1.54) is 15.9 Å². The van der Waals surface area contributed by atoms with Crippen molar-refractivity contribution >= 4 is 43.2 Å². The minimum atomic E-state index is -0.243. The van der Waals surface area contributed by atoms with Crippen molar-refractivity contribution < 1.29 is 4.79 Å². The van der Waals surface area contributed by atoms with Gasteiger partial charge in [-0.2, -0.15) is 0 Å². The number of fused-ring (bicyclic) bond motifs is 3. The molecule has 0 unspecified atom stereocenters. The summed E-state index contributed by atoms with van der Waals surface area (Å²) >= 11 is 1.42. The Morgan fingerprint density at radius 3 is 2.56 bits per heavy atom. The van der Waals surface area contributed by atoms with E-state index >= 15 is 0 Å². The fraction of sp³-hybridized carbons (Fsp3) is 0.190. The molecule has 4 aromatic rings. The molecule has 4 rings (SSSR count). The van der Waals surface area contributed by atoms with Crippen molar-refractivity contribution in [3.63, 3.8) is 0 Å². The highest BCUT2D eigenvalue weighted by atomic mass is 32.1. The molecule has 0 spiro atoms. The molecule has 0 atom stereocenters. The van der Waals surface area contributed by atoms with Gasteiger partial charge in [-0.15, -0.1) is 11.3 Å². The zero-order chi connectivity index (χ0) is 19.1. The maximum absolute atomic E-state index is 13.0. The summed E-state index contributed by atoms with van der Waals surface area (Å²) in [5.41, 5.74) is 3.43. The molecule has 27 heavy (non-hydrogen) atoms. The normalized spacial score (nSPS) is 11.2. The number of anilines is 1. The lowest BCUT2D eigenvalue weighted by atomic mass is 10.1. The van der Waals surface area contributed by atoms with Gasteiger partial charge < -0.3 is 5.32 Å². The highest BCUT2D eigenvalue weighted by molar-refractivity contribution is 7.25. The van der Waals surface area contributed by atoms with Gasteiger partial charge in [-0.25, -0.2) is 4.98 Å². The molecule has 5 nitrogen and oxygen atoms in total. The van der Waals surface area contributed by atoms with Crippen molar-refractivity contribution in [3.8, 4) is 0 Å². The first-order valence-electron chi connectivity index (χ1n) is 8.69. The van der Waals surface area contributed by atoms with Gasteiger partial charge >= 0.3 is 0 Å². The Bertz CT molecular complexity index is 1230. The van der Waals surface area contributed by atoms with Crippen molar-refractivity contribution in [2.24, 2.45) is 0 Å². The molecule has 2 heterocycles. The number of carbonyl (C=O) groups is 1. The fourth-order valence-corrected chi connectivity index (χ4v) is 4.45. The third-order valence-corrected chi connectivity index (χ3v) is 5.63. The van der Waals surface area contributed by atoms with Gasteiger partial charge in [0.25, 0.3) is 5.56 Å². The fourth-order valence-electron chi connectivity index (χ4n) is 3.36. The zero-order valence-electron chi connectivity index (χ0n) is 15.4. The lowest BCUT2D eigenvalue weighted by molar-refractivity contribution is -0.116. The van der Waals surface area contributed by atoms with Crippen LogP contribution in [0.3, 0.4) is 0 Å². The van der Waals surface area contributed by atoms with Crippen LogP contribution in [0.2, 0.25) is 0 Å². The lowest BCUT2D eigenvalue weighted by Gasteiger charge is -2.11. The van der Waals surface area contributed by atoms with Crippen LogP contribution in [0.15, 0.2) is 47.3 Å². The first kappa shape index (κ1) is 17.4.